The second-order valence-electron chi connectivity index (χ2n) is 6.16. The molecule has 0 unspecified atom stereocenters. The molecule has 3 rings (SSSR count). The van der Waals surface area contributed by atoms with Crippen molar-refractivity contribution in [1.29, 1.82) is 5.26 Å². The Labute approximate surface area is 170 Å². The molecule has 0 N–H and O–H groups in total. The minimum Gasteiger partial charge on any atom is -0.329 e. The number of hydrogen-bond acceptors (Lipinski definition) is 5. The van der Waals surface area contributed by atoms with Crippen LogP contribution in [0.4, 0.5) is 36.3 Å². The van der Waals surface area contributed by atoms with Crippen molar-refractivity contribution in [3.63, 3.8) is 0 Å². The largest absolute Gasteiger partial charge is 0.421 e. The van der Waals surface area contributed by atoms with Gasteiger partial charge in [0.15, 0.2) is 5.82 Å². The summed E-state index contributed by atoms with van der Waals surface area (Å²) < 4.78 is 40.7. The van der Waals surface area contributed by atoms with Gasteiger partial charge in [0.05, 0.1) is 11.6 Å². The van der Waals surface area contributed by atoms with E-state index in [1.807, 2.05) is 6.07 Å². The number of aromatic nitrogens is 2. The summed E-state index contributed by atoms with van der Waals surface area (Å²) in [4.78, 5) is 11.0. The third-order valence-corrected chi connectivity index (χ3v) is 4.53. The minimum atomic E-state index is -4.63. The Morgan fingerprint density at radius 2 is 1.48 bits per heavy atom. The number of benzene rings is 2. The molecule has 1 heterocycles. The van der Waals surface area contributed by atoms with Crippen LogP contribution in [0.3, 0.4) is 0 Å². The minimum absolute atomic E-state index is 0.0933. The van der Waals surface area contributed by atoms with Gasteiger partial charge in [0.1, 0.15) is 5.56 Å². The Kier molecular flexibility index (Phi) is 5.62. The number of alkyl halides is 3. The van der Waals surface area contributed by atoms with Gasteiger partial charge in [-0.05, 0) is 48.5 Å². The summed E-state index contributed by atoms with van der Waals surface area (Å²) in [7, 11) is 3.13. The molecule has 9 heteroatoms. The van der Waals surface area contributed by atoms with Crippen LogP contribution in [0.5, 0.6) is 0 Å². The molecule has 0 radical (unpaired) electrons. The molecule has 0 aliphatic carbocycles. The lowest BCUT2D eigenvalue weighted by Gasteiger charge is -2.25. The number of hydrogen-bond donors (Lipinski definition) is 0. The Balaban J connectivity index is 2.06. The lowest BCUT2D eigenvalue weighted by atomic mass is 10.2. The van der Waals surface area contributed by atoms with Gasteiger partial charge in [-0.2, -0.15) is 23.4 Å². The zero-order chi connectivity index (χ0) is 21.2. The predicted octanol–water partition coefficient (Wildman–Crippen LogP) is 5.56. The molecule has 148 valence electrons. The average molecular weight is 418 g/mol. The van der Waals surface area contributed by atoms with E-state index in [-0.39, 0.29) is 11.8 Å². The summed E-state index contributed by atoms with van der Waals surface area (Å²) in [5.41, 5.74) is 0.566. The number of nitrogens with zero attached hydrogens (tertiary/aromatic N) is 5. The van der Waals surface area contributed by atoms with E-state index >= 15 is 0 Å². The maximum absolute atomic E-state index is 13.6. The van der Waals surface area contributed by atoms with E-state index in [9.17, 15) is 13.2 Å². The van der Waals surface area contributed by atoms with Crippen molar-refractivity contribution in [3.05, 3.63) is 70.9 Å². The monoisotopic (exact) mass is 417 g/mol. The highest BCUT2D eigenvalue weighted by Gasteiger charge is 2.37. The molecule has 5 nitrogen and oxygen atoms in total. The summed E-state index contributed by atoms with van der Waals surface area (Å²) in [6.45, 7) is 0. The van der Waals surface area contributed by atoms with Crippen molar-refractivity contribution in [2.24, 2.45) is 0 Å². The van der Waals surface area contributed by atoms with E-state index in [1.54, 1.807) is 48.3 Å². The predicted molar refractivity (Wildman–Crippen MR) is 106 cm³/mol. The van der Waals surface area contributed by atoms with Crippen LogP contribution in [0.1, 0.15) is 11.1 Å². The van der Waals surface area contributed by atoms with Crippen LogP contribution in [0.2, 0.25) is 5.02 Å². The molecular weight excluding hydrogens is 403 g/mol. The van der Waals surface area contributed by atoms with Crippen molar-refractivity contribution >= 4 is 34.7 Å². The van der Waals surface area contributed by atoms with Crippen molar-refractivity contribution < 1.29 is 13.2 Å². The zero-order valence-corrected chi connectivity index (χ0v) is 16.2. The molecule has 0 aliphatic heterocycles. The van der Waals surface area contributed by atoms with Gasteiger partial charge in [0.2, 0.25) is 5.95 Å². The number of anilines is 4. The van der Waals surface area contributed by atoms with Crippen molar-refractivity contribution in [1.82, 2.24) is 9.97 Å². The maximum atomic E-state index is 13.6. The Hall–Kier alpha value is -3.31. The normalized spacial score (nSPS) is 11.1. The first-order valence-corrected chi connectivity index (χ1v) is 8.76. The maximum Gasteiger partial charge on any atom is 0.421 e. The standard InChI is InChI=1S/C20H15ClF3N5/c1-28(15-7-3-13(11-25)4-8-15)18-17(20(22,23)24)12-26-19(27-18)29(2)16-9-5-14(21)6-10-16/h3-10,12H,1-2H3. The average Bonchev–Trinajstić information content (AvgIpc) is 2.72. The molecule has 0 amide bonds. The summed E-state index contributed by atoms with van der Waals surface area (Å²) in [5.74, 6) is -0.205. The molecule has 0 atom stereocenters. The second-order valence-corrected chi connectivity index (χ2v) is 6.59. The van der Waals surface area contributed by atoms with E-state index < -0.39 is 11.7 Å². The van der Waals surface area contributed by atoms with Crippen LogP contribution in [0.25, 0.3) is 0 Å². The molecule has 0 spiro atoms. The first kappa shape index (κ1) is 20.4. The fourth-order valence-corrected chi connectivity index (χ4v) is 2.77. The van der Waals surface area contributed by atoms with Gasteiger partial charge in [-0.1, -0.05) is 11.6 Å². The molecule has 1 aromatic heterocycles. The van der Waals surface area contributed by atoms with Gasteiger partial charge in [0, 0.05) is 36.7 Å². The molecule has 0 bridgehead atoms. The third-order valence-electron chi connectivity index (χ3n) is 4.28. The van der Waals surface area contributed by atoms with Crippen LogP contribution in [-0.4, -0.2) is 24.1 Å². The second kappa shape index (κ2) is 7.97. The van der Waals surface area contributed by atoms with Crippen molar-refractivity contribution in [2.75, 3.05) is 23.9 Å². The summed E-state index contributed by atoms with van der Waals surface area (Å²) in [6, 6.07) is 14.9. The highest BCUT2D eigenvalue weighted by molar-refractivity contribution is 6.30. The summed E-state index contributed by atoms with van der Waals surface area (Å²) in [6.07, 6.45) is -3.86. The lowest BCUT2D eigenvalue weighted by molar-refractivity contribution is -0.137. The smallest absolute Gasteiger partial charge is 0.329 e. The molecule has 0 saturated carbocycles. The number of halogens is 4. The highest BCUT2D eigenvalue weighted by atomic mass is 35.5. The van der Waals surface area contributed by atoms with Crippen LogP contribution in [-0.2, 0) is 6.18 Å². The molecule has 29 heavy (non-hydrogen) atoms. The van der Waals surface area contributed by atoms with Gasteiger partial charge < -0.3 is 9.80 Å². The quantitative estimate of drug-likeness (QED) is 0.556. The number of rotatable bonds is 4. The third kappa shape index (κ3) is 4.41. The molecule has 2 aromatic carbocycles. The SMILES string of the molecule is CN(c1ccc(Cl)cc1)c1ncc(C(F)(F)F)c(N(C)c2ccc(C#N)cc2)n1. The Morgan fingerprint density at radius 1 is 0.931 bits per heavy atom. The first-order valence-electron chi connectivity index (χ1n) is 8.38. The van der Waals surface area contributed by atoms with E-state index in [0.29, 0.717) is 22.0 Å². The van der Waals surface area contributed by atoms with Gasteiger partial charge in [0.25, 0.3) is 0 Å². The van der Waals surface area contributed by atoms with Gasteiger partial charge >= 0.3 is 6.18 Å². The van der Waals surface area contributed by atoms with Crippen molar-refractivity contribution in [2.45, 2.75) is 6.18 Å². The van der Waals surface area contributed by atoms with Crippen molar-refractivity contribution in [3.8, 4) is 6.07 Å². The van der Waals surface area contributed by atoms with Crippen LogP contribution in [0.15, 0.2) is 54.7 Å². The fourth-order valence-electron chi connectivity index (χ4n) is 2.64. The fraction of sp³-hybridized carbons (Fsp3) is 0.150. The van der Waals surface area contributed by atoms with Crippen LogP contribution >= 0.6 is 11.6 Å². The van der Waals surface area contributed by atoms with E-state index in [0.717, 1.165) is 6.20 Å². The van der Waals surface area contributed by atoms with E-state index in [4.69, 9.17) is 16.9 Å². The topological polar surface area (TPSA) is 56.1 Å². The molecule has 0 aliphatic rings. The highest BCUT2D eigenvalue weighted by Crippen LogP contribution is 2.38. The molecule has 0 fully saturated rings. The van der Waals surface area contributed by atoms with Gasteiger partial charge in [-0.25, -0.2) is 4.98 Å². The van der Waals surface area contributed by atoms with E-state index in [1.165, 1.54) is 24.1 Å². The molecule has 3 aromatic rings. The van der Waals surface area contributed by atoms with Gasteiger partial charge in [-0.3, -0.25) is 0 Å². The zero-order valence-electron chi connectivity index (χ0n) is 15.4. The molecule has 0 saturated heterocycles. The van der Waals surface area contributed by atoms with Crippen LogP contribution in [0, 0.1) is 11.3 Å². The van der Waals surface area contributed by atoms with E-state index in [2.05, 4.69) is 9.97 Å². The van der Waals surface area contributed by atoms with Gasteiger partial charge in [-0.15, -0.1) is 0 Å². The lowest BCUT2D eigenvalue weighted by Crippen LogP contribution is -2.21. The Morgan fingerprint density at radius 3 is 2.03 bits per heavy atom. The summed E-state index contributed by atoms with van der Waals surface area (Å²) >= 11 is 5.89. The molecular formula is C20H15ClF3N5. The Bertz CT molecular complexity index is 1040. The first-order chi connectivity index (χ1) is 13.7. The summed E-state index contributed by atoms with van der Waals surface area (Å²) in [5, 5.41) is 9.45. The number of nitriles is 1. The van der Waals surface area contributed by atoms with Crippen LogP contribution < -0.4 is 9.80 Å².